The summed E-state index contributed by atoms with van der Waals surface area (Å²) in [6, 6.07) is 5.16. The Bertz CT molecular complexity index is 793. The zero-order chi connectivity index (χ0) is 18.8. The molecular formula is C17H17NO7. The van der Waals surface area contributed by atoms with Gasteiger partial charge in [-0.25, -0.2) is 9.59 Å². The van der Waals surface area contributed by atoms with E-state index in [2.05, 4.69) is 0 Å². The minimum Gasteiger partial charge on any atom is -0.496 e. The molecule has 1 aliphatic carbocycles. The predicted molar refractivity (Wildman–Crippen MR) is 88.0 cm³/mol. The average Bonchev–Trinajstić information content (AvgIpc) is 2.59. The lowest BCUT2D eigenvalue weighted by Gasteiger charge is -2.25. The summed E-state index contributed by atoms with van der Waals surface area (Å²) < 4.78 is 5.38. The van der Waals surface area contributed by atoms with E-state index < -0.39 is 34.4 Å². The summed E-state index contributed by atoms with van der Waals surface area (Å²) in [5.74, 6) is -2.70. The van der Waals surface area contributed by atoms with Crippen molar-refractivity contribution in [2.75, 3.05) is 7.11 Å². The minimum atomic E-state index is -2.54. The van der Waals surface area contributed by atoms with E-state index in [0.29, 0.717) is 23.8 Å². The highest BCUT2D eigenvalue weighted by atomic mass is 16.6. The number of nitrogens with zero attached hydrogens (tertiary/aromatic N) is 1. The molecule has 2 N–H and O–H groups in total. The van der Waals surface area contributed by atoms with Gasteiger partial charge in [-0.15, -0.1) is 0 Å². The number of carboxylic acids is 2. The van der Waals surface area contributed by atoms with E-state index in [1.165, 1.54) is 13.2 Å². The Hall–Kier alpha value is -3.16. The van der Waals surface area contributed by atoms with Crippen LogP contribution in [0.2, 0.25) is 0 Å². The highest BCUT2D eigenvalue weighted by Gasteiger charge is 2.52. The van der Waals surface area contributed by atoms with Gasteiger partial charge in [0.25, 0.3) is 0 Å². The Morgan fingerprint density at radius 2 is 2.04 bits per heavy atom. The first-order valence-corrected chi connectivity index (χ1v) is 7.47. The Morgan fingerprint density at radius 1 is 1.36 bits per heavy atom. The predicted octanol–water partition coefficient (Wildman–Crippen LogP) is 2.16. The second kappa shape index (κ2) is 6.76. The highest BCUT2D eigenvalue weighted by Crippen LogP contribution is 2.39. The van der Waals surface area contributed by atoms with Crippen LogP contribution in [-0.2, 0) is 16.0 Å². The van der Waals surface area contributed by atoms with Crippen molar-refractivity contribution in [3.63, 3.8) is 0 Å². The summed E-state index contributed by atoms with van der Waals surface area (Å²) in [6.45, 7) is 1.90. The average molecular weight is 347 g/mol. The number of hydrogen-bond donors (Lipinski definition) is 2. The van der Waals surface area contributed by atoms with Crippen LogP contribution in [0, 0.1) is 10.1 Å². The molecule has 0 bridgehead atoms. The van der Waals surface area contributed by atoms with Gasteiger partial charge < -0.3 is 14.9 Å². The Labute approximate surface area is 143 Å². The molecule has 132 valence electrons. The van der Waals surface area contributed by atoms with Crippen LogP contribution in [0.1, 0.15) is 24.5 Å². The molecule has 1 atom stereocenters. The molecule has 0 saturated heterocycles. The SMILES string of the molecule is CCc1cccc(C2=CC(C(=O)O)=CC(C(=O)O)([N+](=O)[O-])C2)c1OC. The maximum Gasteiger partial charge on any atom is 0.387 e. The monoisotopic (exact) mass is 347 g/mol. The summed E-state index contributed by atoms with van der Waals surface area (Å²) in [5.41, 5.74) is -1.48. The number of ether oxygens (including phenoxy) is 1. The van der Waals surface area contributed by atoms with E-state index in [0.717, 1.165) is 5.56 Å². The van der Waals surface area contributed by atoms with Crippen LogP contribution < -0.4 is 4.74 Å². The molecular weight excluding hydrogens is 330 g/mol. The molecule has 0 saturated carbocycles. The molecule has 1 aromatic rings. The van der Waals surface area contributed by atoms with Gasteiger partial charge in [-0.3, -0.25) is 10.1 Å². The topological polar surface area (TPSA) is 127 Å². The van der Waals surface area contributed by atoms with E-state index in [1.807, 2.05) is 13.0 Å². The third kappa shape index (κ3) is 3.10. The van der Waals surface area contributed by atoms with Crippen molar-refractivity contribution in [3.8, 4) is 5.75 Å². The molecule has 0 amide bonds. The lowest BCUT2D eigenvalue weighted by molar-refractivity contribution is -0.539. The standard InChI is InChI=1S/C17H17NO7/c1-3-10-5-4-6-13(14(10)25-2)11-7-12(15(19)20)9-17(8-11,16(21)22)18(23)24/h4-7,9H,3,8H2,1-2H3,(H,19,20)(H,21,22). The van der Waals surface area contributed by atoms with Crippen LogP contribution >= 0.6 is 0 Å². The summed E-state index contributed by atoms with van der Waals surface area (Å²) in [5, 5.41) is 30.1. The molecule has 1 aliphatic rings. The van der Waals surface area contributed by atoms with Crippen LogP contribution in [0.15, 0.2) is 35.9 Å². The molecule has 0 spiro atoms. The fourth-order valence-electron chi connectivity index (χ4n) is 2.87. The van der Waals surface area contributed by atoms with Crippen molar-refractivity contribution in [2.24, 2.45) is 0 Å². The van der Waals surface area contributed by atoms with Crippen molar-refractivity contribution < 1.29 is 29.5 Å². The molecule has 1 aromatic carbocycles. The Balaban J connectivity index is 2.71. The Morgan fingerprint density at radius 3 is 2.52 bits per heavy atom. The molecule has 0 aliphatic heterocycles. The van der Waals surface area contributed by atoms with Gasteiger partial charge in [-0.05, 0) is 23.6 Å². The molecule has 0 radical (unpaired) electrons. The van der Waals surface area contributed by atoms with Gasteiger partial charge in [0.15, 0.2) is 0 Å². The first-order valence-electron chi connectivity index (χ1n) is 7.47. The summed E-state index contributed by atoms with van der Waals surface area (Å²) in [7, 11) is 1.44. The van der Waals surface area contributed by atoms with Gasteiger partial charge in [-0.2, -0.15) is 0 Å². The number of aliphatic carboxylic acids is 2. The second-order valence-corrected chi connectivity index (χ2v) is 5.59. The lowest BCUT2D eigenvalue weighted by atomic mass is 9.80. The molecule has 2 rings (SSSR count). The van der Waals surface area contributed by atoms with Crippen LogP contribution in [-0.4, -0.2) is 39.7 Å². The van der Waals surface area contributed by atoms with Crippen LogP contribution in [0.25, 0.3) is 5.57 Å². The van der Waals surface area contributed by atoms with Crippen molar-refractivity contribution in [1.29, 1.82) is 0 Å². The molecule has 8 heteroatoms. The van der Waals surface area contributed by atoms with Gasteiger partial charge in [0, 0.05) is 16.6 Å². The third-order valence-corrected chi connectivity index (χ3v) is 4.15. The molecule has 0 heterocycles. The van der Waals surface area contributed by atoms with E-state index in [9.17, 15) is 29.9 Å². The molecule has 25 heavy (non-hydrogen) atoms. The van der Waals surface area contributed by atoms with Crippen molar-refractivity contribution in [2.45, 2.75) is 25.3 Å². The van der Waals surface area contributed by atoms with Crippen LogP contribution in [0.3, 0.4) is 0 Å². The number of para-hydroxylation sites is 1. The Kier molecular flexibility index (Phi) is 4.92. The van der Waals surface area contributed by atoms with Gasteiger partial charge >= 0.3 is 17.5 Å². The number of rotatable bonds is 6. The van der Waals surface area contributed by atoms with Gasteiger partial charge in [0.2, 0.25) is 0 Å². The van der Waals surface area contributed by atoms with Crippen molar-refractivity contribution in [3.05, 3.63) is 57.2 Å². The summed E-state index contributed by atoms with van der Waals surface area (Å²) in [4.78, 5) is 33.5. The van der Waals surface area contributed by atoms with Crippen LogP contribution in [0.5, 0.6) is 5.75 Å². The molecule has 8 nitrogen and oxygen atoms in total. The highest BCUT2D eigenvalue weighted by molar-refractivity contribution is 5.98. The largest absolute Gasteiger partial charge is 0.496 e. The van der Waals surface area contributed by atoms with Gasteiger partial charge in [0.1, 0.15) is 5.75 Å². The fourth-order valence-corrected chi connectivity index (χ4v) is 2.87. The maximum absolute atomic E-state index is 11.6. The number of methoxy groups -OCH3 is 1. The van der Waals surface area contributed by atoms with E-state index in [1.54, 1.807) is 12.1 Å². The summed E-state index contributed by atoms with van der Waals surface area (Å²) >= 11 is 0. The number of hydrogen-bond acceptors (Lipinski definition) is 5. The zero-order valence-corrected chi connectivity index (χ0v) is 13.7. The van der Waals surface area contributed by atoms with E-state index in [-0.39, 0.29) is 5.57 Å². The quantitative estimate of drug-likeness (QED) is 0.596. The number of nitro groups is 1. The maximum atomic E-state index is 11.6. The van der Waals surface area contributed by atoms with Crippen molar-refractivity contribution >= 4 is 17.5 Å². The lowest BCUT2D eigenvalue weighted by Crippen LogP contribution is -2.46. The number of carbonyl (C=O) groups is 2. The number of aryl methyl sites for hydroxylation is 1. The molecule has 1 unspecified atom stereocenters. The number of carboxylic acid groups (broad SMARTS) is 2. The second-order valence-electron chi connectivity index (χ2n) is 5.59. The van der Waals surface area contributed by atoms with Crippen LogP contribution in [0.4, 0.5) is 0 Å². The van der Waals surface area contributed by atoms with Gasteiger partial charge in [-0.1, -0.05) is 25.1 Å². The summed E-state index contributed by atoms with van der Waals surface area (Å²) in [6.07, 6.45) is 2.09. The first-order chi connectivity index (χ1) is 11.8. The molecule has 0 fully saturated rings. The minimum absolute atomic E-state index is 0.228. The van der Waals surface area contributed by atoms with E-state index >= 15 is 0 Å². The zero-order valence-electron chi connectivity index (χ0n) is 13.7. The number of benzene rings is 1. The molecule has 0 aromatic heterocycles. The third-order valence-electron chi connectivity index (χ3n) is 4.15. The van der Waals surface area contributed by atoms with E-state index in [4.69, 9.17) is 4.74 Å². The first kappa shape index (κ1) is 18.2. The van der Waals surface area contributed by atoms with Gasteiger partial charge in [0.05, 0.1) is 19.1 Å². The normalized spacial score (nSPS) is 19.6. The van der Waals surface area contributed by atoms with Crippen molar-refractivity contribution in [1.82, 2.24) is 0 Å². The fraction of sp³-hybridized carbons (Fsp3) is 0.294. The smallest absolute Gasteiger partial charge is 0.387 e.